The number of anilines is 2. The second kappa shape index (κ2) is 19.9. The Balaban J connectivity index is 1.24. The van der Waals surface area contributed by atoms with Gasteiger partial charge < -0.3 is 40.8 Å². The number of rotatable bonds is 16. The highest BCUT2D eigenvalue weighted by molar-refractivity contribution is 6.03. The molecule has 1 aliphatic rings. The number of aliphatic carboxylic acids is 1. The third kappa shape index (κ3) is 11.3. The number of amides is 5. The summed E-state index contributed by atoms with van der Waals surface area (Å²) in [6.07, 6.45) is 0.518. The van der Waals surface area contributed by atoms with E-state index in [9.17, 15) is 33.9 Å². The molecule has 15 nitrogen and oxygen atoms in total. The number of hydrogen-bond acceptors (Lipinski definition) is 8. The number of para-hydroxylation sites is 1. The van der Waals surface area contributed by atoms with E-state index in [1.807, 2.05) is 79.7 Å². The zero-order valence-corrected chi connectivity index (χ0v) is 37.0. The molecule has 64 heavy (non-hydrogen) atoms. The van der Waals surface area contributed by atoms with Crippen LogP contribution in [0.5, 0.6) is 0 Å². The number of fused-ring (bicyclic) bond motifs is 4. The van der Waals surface area contributed by atoms with Crippen molar-refractivity contribution in [3.63, 3.8) is 0 Å². The van der Waals surface area contributed by atoms with Crippen LogP contribution in [0.3, 0.4) is 0 Å². The molecule has 0 spiro atoms. The largest absolute Gasteiger partial charge is 0.480 e. The summed E-state index contributed by atoms with van der Waals surface area (Å²) in [6.45, 7) is 12.2. The Hall–Kier alpha value is -7.16. The van der Waals surface area contributed by atoms with Crippen LogP contribution in [0, 0.1) is 11.8 Å². The van der Waals surface area contributed by atoms with Crippen LogP contribution in [0.4, 0.5) is 21.0 Å². The van der Waals surface area contributed by atoms with Gasteiger partial charge in [-0.05, 0) is 84.7 Å². The SMILES string of the molecule is CC[C@H](C)[C@H](NC(=O)c1cc(NC(=O)OCC2c3ccccc3-c3ccccc32)cc(NC(=O)[C@@H](NC(=O)OC(C)(C)C)C(C)C)c1)C(=O)N[C@@H](Cc1c[nH]c2ccccc12)C(=O)O. The number of carbonyl (C=O) groups is 6. The lowest BCUT2D eigenvalue weighted by Crippen LogP contribution is -2.54. The lowest BCUT2D eigenvalue weighted by Gasteiger charge is -2.26. The predicted octanol–water partition coefficient (Wildman–Crippen LogP) is 7.97. The molecule has 4 aromatic carbocycles. The van der Waals surface area contributed by atoms with Gasteiger partial charge in [0.2, 0.25) is 11.8 Å². The van der Waals surface area contributed by atoms with Crippen molar-refractivity contribution in [2.75, 3.05) is 17.2 Å². The number of ether oxygens (including phenoxy) is 2. The van der Waals surface area contributed by atoms with E-state index in [0.29, 0.717) is 12.0 Å². The Morgan fingerprint density at radius 2 is 1.34 bits per heavy atom. The summed E-state index contributed by atoms with van der Waals surface area (Å²) < 4.78 is 11.2. The number of carbonyl (C=O) groups excluding carboxylic acids is 5. The van der Waals surface area contributed by atoms with Crippen LogP contribution >= 0.6 is 0 Å². The third-order valence-corrected chi connectivity index (χ3v) is 11.2. The van der Waals surface area contributed by atoms with E-state index in [1.54, 1.807) is 47.7 Å². The van der Waals surface area contributed by atoms with Crippen molar-refractivity contribution < 1.29 is 43.3 Å². The molecule has 6 rings (SSSR count). The second-order valence-corrected chi connectivity index (χ2v) is 17.4. The standard InChI is InChI=1S/C49H56N6O9/c1-8-28(4)42(45(58)53-40(46(59)60)23-30-25-50-39-20-14-13-15-33(30)39)54-43(56)29-21-31(51-44(57)41(27(2)3)55-48(62)64-49(5,6)7)24-32(22-29)52-47(61)63-26-38-36-18-11-9-16-34(36)35-17-10-12-19-37(35)38/h9-22,24-25,27-28,38,40-42,50H,8,23,26H2,1-7H3,(H,51,57)(H,52,61)(H,53,58)(H,54,56)(H,55,62)(H,59,60)/t28-,40-,41-,42-/m0/s1. The van der Waals surface area contributed by atoms with Crippen LogP contribution in [0.2, 0.25) is 0 Å². The van der Waals surface area contributed by atoms with Crippen LogP contribution in [-0.2, 0) is 30.3 Å². The van der Waals surface area contributed by atoms with Gasteiger partial charge in [-0.3, -0.25) is 19.7 Å². The summed E-state index contributed by atoms with van der Waals surface area (Å²) in [4.78, 5) is 83.7. The fourth-order valence-electron chi connectivity index (χ4n) is 7.75. The lowest BCUT2D eigenvalue weighted by molar-refractivity contribution is -0.142. The van der Waals surface area contributed by atoms with E-state index in [0.717, 1.165) is 33.2 Å². The quantitative estimate of drug-likeness (QED) is 0.0511. The molecule has 0 aliphatic heterocycles. The summed E-state index contributed by atoms with van der Waals surface area (Å²) in [5.74, 6) is -4.38. The molecule has 0 bridgehead atoms. The van der Waals surface area contributed by atoms with Crippen LogP contribution in [0.15, 0.2) is 97.2 Å². The Bertz CT molecular complexity index is 2500. The smallest absolute Gasteiger partial charge is 0.411 e. The molecule has 7 N–H and O–H groups in total. The molecular formula is C49H56N6O9. The number of alkyl carbamates (subject to hydrolysis) is 1. The minimum Gasteiger partial charge on any atom is -0.480 e. The first kappa shape index (κ1) is 46.3. The summed E-state index contributed by atoms with van der Waals surface area (Å²) in [7, 11) is 0. The van der Waals surface area contributed by atoms with Gasteiger partial charge in [-0.2, -0.15) is 0 Å². The van der Waals surface area contributed by atoms with Crippen LogP contribution in [-0.4, -0.2) is 76.3 Å². The van der Waals surface area contributed by atoms with Gasteiger partial charge in [0.15, 0.2) is 0 Å². The molecular weight excluding hydrogens is 817 g/mol. The van der Waals surface area contributed by atoms with E-state index in [2.05, 4.69) is 31.6 Å². The van der Waals surface area contributed by atoms with Gasteiger partial charge in [0.1, 0.15) is 30.3 Å². The molecule has 336 valence electrons. The van der Waals surface area contributed by atoms with Gasteiger partial charge in [0, 0.05) is 46.4 Å². The first-order chi connectivity index (χ1) is 30.4. The molecule has 0 saturated heterocycles. The number of carboxylic acid groups (broad SMARTS) is 1. The zero-order valence-electron chi connectivity index (χ0n) is 37.0. The maximum absolute atomic E-state index is 14.2. The molecule has 0 unspecified atom stereocenters. The Morgan fingerprint density at radius 3 is 1.95 bits per heavy atom. The van der Waals surface area contributed by atoms with Crippen molar-refractivity contribution in [2.45, 2.75) is 91.0 Å². The molecule has 1 aromatic heterocycles. The molecule has 15 heteroatoms. The minimum absolute atomic E-state index is 0.0133. The van der Waals surface area contributed by atoms with Crippen LogP contribution in [0.25, 0.3) is 22.0 Å². The van der Waals surface area contributed by atoms with E-state index < -0.39 is 71.4 Å². The van der Waals surface area contributed by atoms with Crippen molar-refractivity contribution in [3.05, 3.63) is 119 Å². The zero-order chi connectivity index (χ0) is 46.3. The molecule has 1 heterocycles. The minimum atomic E-state index is -1.31. The Labute approximate surface area is 372 Å². The number of aromatic amines is 1. The number of H-pyrrole nitrogens is 1. The Morgan fingerprint density at radius 1 is 0.734 bits per heavy atom. The fourth-order valence-corrected chi connectivity index (χ4v) is 7.75. The Kier molecular flexibility index (Phi) is 14.4. The molecule has 5 amide bonds. The molecule has 5 aromatic rings. The van der Waals surface area contributed by atoms with Crippen LogP contribution < -0.4 is 26.6 Å². The van der Waals surface area contributed by atoms with Crippen molar-refractivity contribution in [3.8, 4) is 11.1 Å². The fraction of sp³-hybridized carbons (Fsp3) is 0.347. The predicted molar refractivity (Wildman–Crippen MR) is 244 cm³/mol. The van der Waals surface area contributed by atoms with Crippen molar-refractivity contribution >= 4 is 58.2 Å². The average Bonchev–Trinajstić information content (AvgIpc) is 3.80. The van der Waals surface area contributed by atoms with E-state index in [-0.39, 0.29) is 35.9 Å². The van der Waals surface area contributed by atoms with Crippen molar-refractivity contribution in [1.29, 1.82) is 0 Å². The maximum Gasteiger partial charge on any atom is 0.411 e. The first-order valence-corrected chi connectivity index (χ1v) is 21.4. The van der Waals surface area contributed by atoms with E-state index in [4.69, 9.17) is 9.47 Å². The van der Waals surface area contributed by atoms with Crippen molar-refractivity contribution in [1.82, 2.24) is 20.9 Å². The summed E-state index contributed by atoms with van der Waals surface area (Å²) >= 11 is 0. The maximum atomic E-state index is 14.2. The topological polar surface area (TPSA) is 217 Å². The highest BCUT2D eigenvalue weighted by atomic mass is 16.6. The third-order valence-electron chi connectivity index (χ3n) is 11.2. The van der Waals surface area contributed by atoms with Crippen LogP contribution in [0.1, 0.15) is 87.9 Å². The number of benzene rings is 4. The lowest BCUT2D eigenvalue weighted by atomic mass is 9.96. The van der Waals surface area contributed by atoms with Crippen molar-refractivity contribution in [2.24, 2.45) is 11.8 Å². The number of aromatic nitrogens is 1. The number of hydrogen-bond donors (Lipinski definition) is 7. The normalized spacial score (nSPS) is 14.0. The summed E-state index contributed by atoms with van der Waals surface area (Å²) in [6, 6.07) is 23.9. The monoisotopic (exact) mass is 872 g/mol. The van der Waals surface area contributed by atoms with E-state index in [1.165, 1.54) is 18.2 Å². The highest BCUT2D eigenvalue weighted by Crippen LogP contribution is 2.44. The molecule has 4 atom stereocenters. The van der Waals surface area contributed by atoms with Gasteiger partial charge in [-0.15, -0.1) is 0 Å². The first-order valence-electron chi connectivity index (χ1n) is 21.4. The van der Waals surface area contributed by atoms with Gasteiger partial charge in [0.05, 0.1) is 0 Å². The van der Waals surface area contributed by atoms with Gasteiger partial charge >= 0.3 is 18.2 Å². The second-order valence-electron chi connectivity index (χ2n) is 17.4. The highest BCUT2D eigenvalue weighted by Gasteiger charge is 2.33. The molecule has 0 fully saturated rings. The number of nitrogens with one attached hydrogen (secondary N) is 6. The summed E-state index contributed by atoms with van der Waals surface area (Å²) in [5.41, 5.74) is 4.97. The van der Waals surface area contributed by atoms with E-state index >= 15 is 0 Å². The van der Waals surface area contributed by atoms with Gasteiger partial charge in [0.25, 0.3) is 5.91 Å². The van der Waals surface area contributed by atoms with Gasteiger partial charge in [-0.1, -0.05) is 101 Å². The average molecular weight is 873 g/mol. The molecule has 0 radical (unpaired) electrons. The van der Waals surface area contributed by atoms with Gasteiger partial charge in [-0.25, -0.2) is 14.4 Å². The molecule has 0 saturated carbocycles. The summed E-state index contributed by atoms with van der Waals surface area (Å²) in [5, 5.41) is 24.4. The molecule has 1 aliphatic carbocycles. The number of carboxylic acids is 1.